The second kappa shape index (κ2) is 13.0. The van der Waals surface area contributed by atoms with Gasteiger partial charge < -0.3 is 20.1 Å². The lowest BCUT2D eigenvalue weighted by Crippen LogP contribution is -2.35. The van der Waals surface area contributed by atoms with Crippen molar-refractivity contribution in [3.63, 3.8) is 0 Å². The maximum atomic E-state index is 6.57. The Bertz CT molecular complexity index is 916. The minimum Gasteiger partial charge on any atom is -0.383 e. The van der Waals surface area contributed by atoms with Crippen LogP contribution in [0.3, 0.4) is 0 Å². The zero-order valence-electron chi connectivity index (χ0n) is 20.0. The molecule has 2 fully saturated rings. The van der Waals surface area contributed by atoms with Crippen LogP contribution in [0.2, 0.25) is 10.2 Å². The number of hydrogen-bond acceptors (Lipinski definition) is 6. The van der Waals surface area contributed by atoms with Gasteiger partial charge in [0.15, 0.2) is 5.15 Å². The van der Waals surface area contributed by atoms with Gasteiger partial charge in [-0.1, -0.05) is 23.2 Å². The van der Waals surface area contributed by atoms with Crippen LogP contribution in [0.25, 0.3) is 11.1 Å². The first kappa shape index (κ1) is 25.6. The van der Waals surface area contributed by atoms with Crippen LogP contribution in [0.5, 0.6) is 0 Å². The number of nitrogens with one attached hydrogen (secondary N) is 2. The third-order valence-corrected chi connectivity index (χ3v) is 7.67. The van der Waals surface area contributed by atoms with Gasteiger partial charge in [0.25, 0.3) is 0 Å². The van der Waals surface area contributed by atoms with Crippen molar-refractivity contribution >= 4 is 28.9 Å². The van der Waals surface area contributed by atoms with Gasteiger partial charge in [0.05, 0.1) is 17.3 Å². The molecule has 8 heteroatoms. The molecule has 0 spiro atoms. The average molecular weight is 508 g/mol. The number of ether oxygens (including phenoxy) is 2. The Labute approximate surface area is 213 Å². The number of pyridine rings is 2. The molecular weight excluding hydrogens is 471 g/mol. The van der Waals surface area contributed by atoms with Gasteiger partial charge in [0.1, 0.15) is 0 Å². The molecule has 6 nitrogen and oxygen atoms in total. The van der Waals surface area contributed by atoms with Crippen LogP contribution >= 0.6 is 23.2 Å². The van der Waals surface area contributed by atoms with Crippen LogP contribution in [-0.4, -0.2) is 56.0 Å². The maximum Gasteiger partial charge on any atom is 0.152 e. The number of aromatic nitrogens is 2. The van der Waals surface area contributed by atoms with Crippen molar-refractivity contribution in [2.75, 3.05) is 45.3 Å². The molecule has 2 aliphatic rings. The molecule has 1 saturated heterocycles. The Morgan fingerprint density at radius 3 is 2.56 bits per heavy atom. The van der Waals surface area contributed by atoms with Crippen LogP contribution in [-0.2, 0) is 15.9 Å². The average Bonchev–Trinajstić information content (AvgIpc) is 2.87. The Hall–Kier alpha value is -1.44. The van der Waals surface area contributed by atoms with Crippen LogP contribution < -0.4 is 10.6 Å². The number of anilines is 1. The van der Waals surface area contributed by atoms with E-state index in [9.17, 15) is 0 Å². The van der Waals surface area contributed by atoms with Gasteiger partial charge in [0.2, 0.25) is 0 Å². The molecule has 3 heterocycles. The van der Waals surface area contributed by atoms with E-state index in [2.05, 4.69) is 32.7 Å². The third-order valence-electron chi connectivity index (χ3n) is 7.07. The van der Waals surface area contributed by atoms with Crippen LogP contribution in [0.4, 0.5) is 5.69 Å². The van der Waals surface area contributed by atoms with E-state index >= 15 is 0 Å². The zero-order valence-corrected chi connectivity index (χ0v) is 21.5. The summed E-state index contributed by atoms with van der Waals surface area (Å²) in [5.74, 6) is 1.25. The fraction of sp³-hybridized carbons (Fsp3) is 0.615. The second-order valence-corrected chi connectivity index (χ2v) is 10.3. The number of nitrogens with zero attached hydrogens (tertiary/aromatic N) is 2. The topological polar surface area (TPSA) is 68.3 Å². The smallest absolute Gasteiger partial charge is 0.152 e. The van der Waals surface area contributed by atoms with E-state index in [4.69, 9.17) is 32.7 Å². The molecule has 186 valence electrons. The lowest BCUT2D eigenvalue weighted by molar-refractivity contribution is 0.0699. The summed E-state index contributed by atoms with van der Waals surface area (Å²) >= 11 is 13.0. The van der Waals surface area contributed by atoms with Crippen molar-refractivity contribution in [2.45, 2.75) is 51.0 Å². The van der Waals surface area contributed by atoms with E-state index in [0.717, 1.165) is 74.7 Å². The molecule has 2 aromatic heterocycles. The van der Waals surface area contributed by atoms with Crippen molar-refractivity contribution in [2.24, 2.45) is 11.8 Å². The minimum atomic E-state index is 0.483. The van der Waals surface area contributed by atoms with E-state index in [1.165, 1.54) is 25.7 Å². The molecule has 0 bridgehead atoms. The van der Waals surface area contributed by atoms with E-state index < -0.39 is 0 Å². The van der Waals surface area contributed by atoms with Gasteiger partial charge in [0, 0.05) is 68.7 Å². The lowest BCUT2D eigenvalue weighted by atomic mass is 9.83. The molecular formula is C26H36Cl2N4O2. The SMILES string of the molecule is COCCNC1CCC(Cc2cc(-c3cnc(Cl)c(NCC4CCOCC4)c3)c(Cl)cn2)CC1. The van der Waals surface area contributed by atoms with Gasteiger partial charge in [-0.3, -0.25) is 4.98 Å². The second-order valence-electron chi connectivity index (χ2n) is 9.52. The molecule has 4 rings (SSSR count). The Kier molecular flexibility index (Phi) is 9.83. The Morgan fingerprint density at radius 1 is 1.00 bits per heavy atom. The molecule has 1 aliphatic heterocycles. The zero-order chi connectivity index (χ0) is 23.8. The first-order valence-electron chi connectivity index (χ1n) is 12.5. The summed E-state index contributed by atoms with van der Waals surface area (Å²) in [6.45, 7) is 4.23. The van der Waals surface area contributed by atoms with Crippen molar-refractivity contribution < 1.29 is 9.47 Å². The fourth-order valence-electron chi connectivity index (χ4n) is 4.97. The number of halogens is 2. The monoisotopic (exact) mass is 506 g/mol. The molecule has 2 N–H and O–H groups in total. The number of hydrogen-bond donors (Lipinski definition) is 2. The summed E-state index contributed by atoms with van der Waals surface area (Å²) in [5, 5.41) is 8.21. The highest BCUT2D eigenvalue weighted by Crippen LogP contribution is 2.33. The van der Waals surface area contributed by atoms with E-state index in [1.54, 1.807) is 19.5 Å². The summed E-state index contributed by atoms with van der Waals surface area (Å²) in [6.07, 6.45) is 11.5. The molecule has 0 atom stereocenters. The van der Waals surface area contributed by atoms with Crippen molar-refractivity contribution in [3.05, 3.63) is 40.4 Å². The molecule has 0 amide bonds. The summed E-state index contributed by atoms with van der Waals surface area (Å²) in [4.78, 5) is 9.07. The molecule has 1 saturated carbocycles. The third kappa shape index (κ3) is 7.28. The fourth-order valence-corrected chi connectivity index (χ4v) is 5.35. The normalized spacial score (nSPS) is 21.5. The van der Waals surface area contributed by atoms with Crippen LogP contribution in [0.15, 0.2) is 24.5 Å². The van der Waals surface area contributed by atoms with Gasteiger partial charge >= 0.3 is 0 Å². The first-order chi connectivity index (χ1) is 16.6. The maximum absolute atomic E-state index is 6.57. The summed E-state index contributed by atoms with van der Waals surface area (Å²) in [5.41, 5.74) is 3.85. The minimum absolute atomic E-state index is 0.483. The highest BCUT2D eigenvalue weighted by Gasteiger charge is 2.22. The molecule has 0 unspecified atom stereocenters. The van der Waals surface area contributed by atoms with Gasteiger partial charge in [-0.2, -0.15) is 0 Å². The highest BCUT2D eigenvalue weighted by atomic mass is 35.5. The summed E-state index contributed by atoms with van der Waals surface area (Å²) in [6, 6.07) is 4.78. The van der Waals surface area contributed by atoms with Crippen LogP contribution in [0, 0.1) is 11.8 Å². The Morgan fingerprint density at radius 2 is 1.79 bits per heavy atom. The predicted octanol–water partition coefficient (Wildman–Crippen LogP) is 5.63. The largest absolute Gasteiger partial charge is 0.383 e. The van der Waals surface area contributed by atoms with Crippen LogP contribution in [0.1, 0.15) is 44.2 Å². The lowest BCUT2D eigenvalue weighted by Gasteiger charge is -2.29. The number of methoxy groups -OCH3 is 1. The van der Waals surface area contributed by atoms with E-state index in [-0.39, 0.29) is 0 Å². The highest BCUT2D eigenvalue weighted by molar-refractivity contribution is 6.33. The molecule has 0 radical (unpaired) electrons. The Balaban J connectivity index is 1.38. The van der Waals surface area contributed by atoms with Gasteiger partial charge in [-0.25, -0.2) is 4.98 Å². The summed E-state index contributed by atoms with van der Waals surface area (Å²) in [7, 11) is 1.75. The van der Waals surface area contributed by atoms with Crippen molar-refractivity contribution in [1.29, 1.82) is 0 Å². The van der Waals surface area contributed by atoms with E-state index in [1.807, 2.05) is 0 Å². The van der Waals surface area contributed by atoms with Crippen molar-refractivity contribution in [3.8, 4) is 11.1 Å². The molecule has 1 aliphatic carbocycles. The molecule has 34 heavy (non-hydrogen) atoms. The molecule has 2 aromatic rings. The van der Waals surface area contributed by atoms with Crippen molar-refractivity contribution in [1.82, 2.24) is 15.3 Å². The predicted molar refractivity (Wildman–Crippen MR) is 139 cm³/mol. The van der Waals surface area contributed by atoms with Gasteiger partial charge in [-0.05, 0) is 68.9 Å². The summed E-state index contributed by atoms with van der Waals surface area (Å²) < 4.78 is 10.6. The quantitative estimate of drug-likeness (QED) is 0.321. The number of rotatable bonds is 10. The van der Waals surface area contributed by atoms with E-state index in [0.29, 0.717) is 28.1 Å². The molecule has 0 aromatic carbocycles. The van der Waals surface area contributed by atoms with Gasteiger partial charge in [-0.15, -0.1) is 0 Å². The first-order valence-corrected chi connectivity index (χ1v) is 13.2. The standard InChI is InChI=1S/C26H36Cl2N4O2/c1-33-11-8-29-21-4-2-18(3-5-21)12-22-14-23(24(27)17-30-22)20-13-25(26(28)32-16-20)31-15-19-6-9-34-10-7-19/h13-14,16-19,21,29,31H,2-12,15H2,1H3.